The zero-order chi connectivity index (χ0) is 10.5. The van der Waals surface area contributed by atoms with Gasteiger partial charge in [0.05, 0.1) is 12.7 Å². The smallest absolute Gasteiger partial charge is 0.223 e. The van der Waals surface area contributed by atoms with Gasteiger partial charge in [0.1, 0.15) is 3.26 Å². The number of nitrogens with one attached hydrogen (secondary N) is 1. The van der Waals surface area contributed by atoms with Crippen LogP contribution in [-0.2, 0) is 14.8 Å². The number of hydrogen-bond donors (Lipinski definition) is 1. The highest BCUT2D eigenvalue weighted by Crippen LogP contribution is 2.05. The Kier molecular flexibility index (Phi) is 6.44. The zero-order valence-electron chi connectivity index (χ0n) is 8.08. The van der Waals surface area contributed by atoms with Crippen molar-refractivity contribution in [3.63, 3.8) is 0 Å². The van der Waals surface area contributed by atoms with Gasteiger partial charge < -0.3 is 4.74 Å². The monoisotopic (exact) mass is 321 g/mol. The summed E-state index contributed by atoms with van der Waals surface area (Å²) < 4.78 is 29.6. The molecule has 0 aliphatic carbocycles. The summed E-state index contributed by atoms with van der Waals surface area (Å²) in [6.45, 7) is 6.21. The molecule has 0 amide bonds. The Morgan fingerprint density at radius 1 is 1.38 bits per heavy atom. The zero-order valence-corrected chi connectivity index (χ0v) is 11.1. The SMILES string of the molecule is CC(C)OCCNS(=O)(=O)C(C)I. The molecule has 0 bridgehead atoms. The molecule has 0 rings (SSSR count). The quantitative estimate of drug-likeness (QED) is 0.453. The summed E-state index contributed by atoms with van der Waals surface area (Å²) >= 11 is 1.86. The van der Waals surface area contributed by atoms with Gasteiger partial charge in [0.25, 0.3) is 0 Å². The van der Waals surface area contributed by atoms with Crippen LogP contribution in [0.2, 0.25) is 0 Å². The normalized spacial score (nSPS) is 14.8. The van der Waals surface area contributed by atoms with Gasteiger partial charge in [-0.3, -0.25) is 0 Å². The number of sulfonamides is 1. The largest absolute Gasteiger partial charge is 0.377 e. The molecule has 0 heterocycles. The highest BCUT2D eigenvalue weighted by molar-refractivity contribution is 14.1. The number of halogens is 1. The van der Waals surface area contributed by atoms with E-state index in [1.807, 2.05) is 36.4 Å². The summed E-state index contributed by atoms with van der Waals surface area (Å²) in [6, 6.07) is 0. The lowest BCUT2D eigenvalue weighted by Crippen LogP contribution is -2.32. The number of rotatable bonds is 6. The van der Waals surface area contributed by atoms with Gasteiger partial charge in [0.15, 0.2) is 0 Å². The van der Waals surface area contributed by atoms with Crippen molar-refractivity contribution >= 4 is 32.6 Å². The Balaban J connectivity index is 3.66. The number of ether oxygens (including phenoxy) is 1. The van der Waals surface area contributed by atoms with Crippen molar-refractivity contribution in [1.82, 2.24) is 4.72 Å². The summed E-state index contributed by atoms with van der Waals surface area (Å²) in [6.07, 6.45) is 0.140. The lowest BCUT2D eigenvalue weighted by atomic mass is 10.5. The Labute approximate surface area is 93.6 Å². The maximum Gasteiger partial charge on any atom is 0.223 e. The second-order valence-electron chi connectivity index (χ2n) is 2.90. The van der Waals surface area contributed by atoms with E-state index in [0.29, 0.717) is 13.2 Å². The molecule has 13 heavy (non-hydrogen) atoms. The van der Waals surface area contributed by atoms with Gasteiger partial charge in [-0.1, -0.05) is 22.6 Å². The van der Waals surface area contributed by atoms with Crippen molar-refractivity contribution in [3.05, 3.63) is 0 Å². The van der Waals surface area contributed by atoms with E-state index in [2.05, 4.69) is 4.72 Å². The minimum Gasteiger partial charge on any atom is -0.377 e. The highest BCUT2D eigenvalue weighted by atomic mass is 127. The first-order chi connectivity index (χ1) is 5.86. The lowest BCUT2D eigenvalue weighted by Gasteiger charge is -2.10. The minimum absolute atomic E-state index is 0.140. The van der Waals surface area contributed by atoms with Crippen molar-refractivity contribution in [2.45, 2.75) is 30.1 Å². The third kappa shape index (κ3) is 6.64. The van der Waals surface area contributed by atoms with E-state index in [0.717, 1.165) is 0 Å². The first-order valence-electron chi connectivity index (χ1n) is 4.10. The van der Waals surface area contributed by atoms with Crippen LogP contribution >= 0.6 is 22.6 Å². The average Bonchev–Trinajstić information content (AvgIpc) is 1.97. The molecule has 1 unspecified atom stereocenters. The molecule has 0 aromatic carbocycles. The van der Waals surface area contributed by atoms with E-state index in [-0.39, 0.29) is 6.10 Å². The molecular weight excluding hydrogens is 305 g/mol. The minimum atomic E-state index is -3.14. The third-order valence-corrected chi connectivity index (χ3v) is 4.75. The summed E-state index contributed by atoms with van der Waals surface area (Å²) in [7, 11) is -3.14. The maximum atomic E-state index is 11.2. The van der Waals surface area contributed by atoms with Crippen LogP contribution in [0.15, 0.2) is 0 Å². The van der Waals surface area contributed by atoms with Crippen LogP contribution < -0.4 is 4.72 Å². The molecule has 80 valence electrons. The van der Waals surface area contributed by atoms with E-state index >= 15 is 0 Å². The standard InChI is InChI=1S/C7H16INO3S/c1-6(2)12-5-4-9-13(10,11)7(3)8/h6-7,9H,4-5H2,1-3H3. The van der Waals surface area contributed by atoms with Crippen molar-refractivity contribution < 1.29 is 13.2 Å². The Hall–Kier alpha value is 0.600. The molecule has 0 radical (unpaired) electrons. The van der Waals surface area contributed by atoms with E-state index in [1.165, 1.54) is 0 Å². The molecule has 1 atom stereocenters. The Morgan fingerprint density at radius 2 is 1.92 bits per heavy atom. The molecule has 0 fully saturated rings. The van der Waals surface area contributed by atoms with Gasteiger partial charge in [-0.25, -0.2) is 13.1 Å². The Morgan fingerprint density at radius 3 is 2.31 bits per heavy atom. The van der Waals surface area contributed by atoms with Gasteiger partial charge in [-0.05, 0) is 20.8 Å². The fourth-order valence-corrected chi connectivity index (χ4v) is 1.73. The van der Waals surface area contributed by atoms with Crippen molar-refractivity contribution in [2.75, 3.05) is 13.2 Å². The van der Waals surface area contributed by atoms with Crippen LogP contribution in [0.1, 0.15) is 20.8 Å². The van der Waals surface area contributed by atoms with Crippen LogP contribution in [0.3, 0.4) is 0 Å². The maximum absolute atomic E-state index is 11.2. The number of alkyl halides is 1. The van der Waals surface area contributed by atoms with Crippen LogP contribution in [0.4, 0.5) is 0 Å². The van der Waals surface area contributed by atoms with Gasteiger partial charge in [0.2, 0.25) is 10.0 Å². The van der Waals surface area contributed by atoms with Gasteiger partial charge in [-0.15, -0.1) is 0 Å². The van der Waals surface area contributed by atoms with Crippen LogP contribution in [-0.4, -0.2) is 30.9 Å². The second-order valence-corrected chi connectivity index (χ2v) is 7.70. The van der Waals surface area contributed by atoms with Gasteiger partial charge >= 0.3 is 0 Å². The van der Waals surface area contributed by atoms with Crippen LogP contribution in [0, 0.1) is 0 Å². The third-order valence-electron chi connectivity index (χ3n) is 1.28. The van der Waals surface area contributed by atoms with Crippen molar-refractivity contribution in [2.24, 2.45) is 0 Å². The summed E-state index contributed by atoms with van der Waals surface area (Å²) in [4.78, 5) is 0. The highest BCUT2D eigenvalue weighted by Gasteiger charge is 2.15. The summed E-state index contributed by atoms with van der Waals surface area (Å²) in [5.41, 5.74) is 0. The molecule has 0 aromatic rings. The number of hydrogen-bond acceptors (Lipinski definition) is 3. The average molecular weight is 321 g/mol. The van der Waals surface area contributed by atoms with Crippen molar-refractivity contribution in [1.29, 1.82) is 0 Å². The molecule has 0 spiro atoms. The molecule has 1 N–H and O–H groups in total. The predicted molar refractivity (Wildman–Crippen MR) is 61.5 cm³/mol. The molecule has 0 aliphatic heterocycles. The second kappa shape index (κ2) is 6.15. The lowest BCUT2D eigenvalue weighted by molar-refractivity contribution is 0.0834. The Bertz CT molecular complexity index is 226. The molecule has 0 saturated carbocycles. The molecule has 4 nitrogen and oxygen atoms in total. The van der Waals surface area contributed by atoms with Gasteiger partial charge in [0, 0.05) is 6.54 Å². The molecule has 0 saturated heterocycles. The molecule has 0 aliphatic rings. The predicted octanol–water partition coefficient (Wildman–Crippen LogP) is 1.11. The summed E-state index contributed by atoms with van der Waals surface area (Å²) in [5, 5.41) is 0. The van der Waals surface area contributed by atoms with Crippen molar-refractivity contribution in [3.8, 4) is 0 Å². The van der Waals surface area contributed by atoms with Crippen LogP contribution in [0.25, 0.3) is 0 Å². The molecule has 0 aromatic heterocycles. The van der Waals surface area contributed by atoms with E-state index in [4.69, 9.17) is 4.74 Å². The topological polar surface area (TPSA) is 55.4 Å². The fourth-order valence-electron chi connectivity index (χ4n) is 0.593. The van der Waals surface area contributed by atoms with Crippen LogP contribution in [0.5, 0.6) is 0 Å². The van der Waals surface area contributed by atoms with E-state index in [1.54, 1.807) is 6.92 Å². The summed E-state index contributed by atoms with van der Waals surface area (Å²) in [5.74, 6) is 0. The first kappa shape index (κ1) is 13.6. The molecule has 6 heteroatoms. The first-order valence-corrected chi connectivity index (χ1v) is 6.89. The fraction of sp³-hybridized carbons (Fsp3) is 1.00. The molecular formula is C7H16INO3S. The van der Waals surface area contributed by atoms with E-state index < -0.39 is 13.3 Å². The van der Waals surface area contributed by atoms with Gasteiger partial charge in [-0.2, -0.15) is 0 Å². The van der Waals surface area contributed by atoms with E-state index in [9.17, 15) is 8.42 Å².